The van der Waals surface area contributed by atoms with Gasteiger partial charge in [-0.3, -0.25) is 24.1 Å². The van der Waals surface area contributed by atoms with E-state index in [0.29, 0.717) is 68.5 Å². The fourth-order valence-corrected chi connectivity index (χ4v) is 7.86. The summed E-state index contributed by atoms with van der Waals surface area (Å²) in [6, 6.07) is 29.1. The highest BCUT2D eigenvalue weighted by molar-refractivity contribution is 6.35. The molecule has 0 fully saturated rings. The highest BCUT2D eigenvalue weighted by Crippen LogP contribution is 2.57. The number of carbonyl (C=O) groups excluding carboxylic acids is 6. The van der Waals surface area contributed by atoms with E-state index in [1.165, 1.54) is 36.4 Å². The van der Waals surface area contributed by atoms with Gasteiger partial charge in [0.05, 0.1) is 27.9 Å². The van der Waals surface area contributed by atoms with E-state index in [2.05, 4.69) is 0 Å². The molecular weight excluding hydrogens is 883 g/mol. The summed E-state index contributed by atoms with van der Waals surface area (Å²) in [5.74, 6) is -6.52. The van der Waals surface area contributed by atoms with Gasteiger partial charge < -0.3 is 9.47 Å². The van der Waals surface area contributed by atoms with Gasteiger partial charge >= 0.3 is 24.3 Å². The maximum absolute atomic E-state index is 15.3. The Morgan fingerprint density at radius 2 is 0.940 bits per heavy atom. The Hall–Kier alpha value is -8.40. The van der Waals surface area contributed by atoms with Crippen molar-refractivity contribution in [1.29, 1.82) is 0 Å². The summed E-state index contributed by atoms with van der Waals surface area (Å²) in [7, 11) is 1.02. The van der Waals surface area contributed by atoms with E-state index in [0.717, 1.165) is 18.7 Å². The molecule has 0 aliphatic carbocycles. The van der Waals surface area contributed by atoms with Crippen molar-refractivity contribution in [3.05, 3.63) is 196 Å². The van der Waals surface area contributed by atoms with Gasteiger partial charge in [0.2, 0.25) is 5.41 Å². The maximum atomic E-state index is 15.3. The van der Waals surface area contributed by atoms with Crippen LogP contribution in [0.1, 0.15) is 69.2 Å². The second-order valence-electron chi connectivity index (χ2n) is 15.4. The minimum Gasteiger partial charge on any atom is -0.423 e. The first-order valence-corrected chi connectivity index (χ1v) is 20.1. The average molecular weight is 915 g/mol. The summed E-state index contributed by atoms with van der Waals surface area (Å²) in [6.45, 7) is 1.69. The molecule has 2 aliphatic heterocycles. The zero-order valence-electron chi connectivity index (χ0n) is 34.9. The van der Waals surface area contributed by atoms with Gasteiger partial charge in [0, 0.05) is 19.2 Å². The van der Waals surface area contributed by atoms with Gasteiger partial charge in [-0.1, -0.05) is 91.0 Å². The summed E-state index contributed by atoms with van der Waals surface area (Å²) in [4.78, 5) is 80.8. The molecule has 67 heavy (non-hydrogen) atoms. The maximum Gasteiger partial charge on any atom is 0.411 e. The lowest BCUT2D eigenvalue weighted by Gasteiger charge is -2.38. The second-order valence-corrected chi connectivity index (χ2v) is 15.4. The molecular formula is C51H32F6N2O8. The molecule has 336 valence electrons. The zero-order chi connectivity index (χ0) is 48.0. The van der Waals surface area contributed by atoms with E-state index in [9.17, 15) is 28.8 Å². The molecule has 6 aromatic carbocycles. The van der Waals surface area contributed by atoms with Crippen LogP contribution in [-0.2, 0) is 15.0 Å². The average Bonchev–Trinajstić information content (AvgIpc) is 3.67. The third-order valence-electron chi connectivity index (χ3n) is 11.3. The van der Waals surface area contributed by atoms with Crippen molar-refractivity contribution < 1.29 is 64.6 Å². The van der Waals surface area contributed by atoms with Crippen molar-refractivity contribution in [2.24, 2.45) is 0 Å². The standard InChI is InChI=1S/C51H32F6N2O8/c1-29-13-16-32(25-41(29)66-43(60)23-14-30-9-5-3-6-10-30)33-17-22-40(42(26-33)67-44(61)24-15-31-11-7-4-8-12-31)59-47(64)37-21-19-35(28-39(37)48(59)65)49(50(52,53)54,51(55,56)57)34-18-20-36-38(27-34)46(63)58(2)45(36)62/h3-28H,1-2H3/b23-14+,24-15+. The van der Waals surface area contributed by atoms with Crippen molar-refractivity contribution in [3.8, 4) is 22.6 Å². The Kier molecular flexibility index (Phi) is 11.6. The smallest absolute Gasteiger partial charge is 0.411 e. The first-order chi connectivity index (χ1) is 31.8. The molecule has 4 amide bonds. The summed E-state index contributed by atoms with van der Waals surface area (Å²) in [6.07, 6.45) is -7.06. The van der Waals surface area contributed by atoms with Crippen LogP contribution in [0.5, 0.6) is 11.5 Å². The van der Waals surface area contributed by atoms with Crippen molar-refractivity contribution in [1.82, 2.24) is 4.90 Å². The van der Waals surface area contributed by atoms with Crippen LogP contribution >= 0.6 is 0 Å². The molecule has 2 aliphatic rings. The van der Waals surface area contributed by atoms with E-state index in [1.54, 1.807) is 79.7 Å². The minimum absolute atomic E-state index is 0.158. The van der Waals surface area contributed by atoms with Crippen molar-refractivity contribution in [2.45, 2.75) is 24.7 Å². The van der Waals surface area contributed by atoms with Crippen LogP contribution in [0.2, 0.25) is 0 Å². The highest BCUT2D eigenvalue weighted by atomic mass is 19.4. The SMILES string of the molecule is Cc1ccc(-c2ccc(N3C(=O)c4ccc(C(c5ccc6c(c5)C(=O)N(C)C6=O)(C(F)(F)F)C(F)(F)F)cc4C3=O)c(OC(=O)/C=C/c3ccccc3)c2)cc1OC(=O)/C=C/c1ccccc1. The molecule has 10 nitrogen and oxygen atoms in total. The number of rotatable bonds is 10. The highest BCUT2D eigenvalue weighted by Gasteiger charge is 2.73. The van der Waals surface area contributed by atoms with E-state index in [1.807, 2.05) is 6.07 Å². The number of anilines is 1. The number of esters is 2. The molecule has 16 heteroatoms. The molecule has 0 N–H and O–H groups in total. The van der Waals surface area contributed by atoms with E-state index in [4.69, 9.17) is 9.47 Å². The van der Waals surface area contributed by atoms with Crippen molar-refractivity contribution in [3.63, 3.8) is 0 Å². The Balaban J connectivity index is 1.19. The number of fused-ring (bicyclic) bond motifs is 2. The molecule has 6 aromatic rings. The molecule has 0 radical (unpaired) electrons. The largest absolute Gasteiger partial charge is 0.423 e. The number of halogens is 6. The molecule has 0 spiro atoms. The number of aryl methyl sites for hydroxylation is 1. The monoisotopic (exact) mass is 914 g/mol. The van der Waals surface area contributed by atoms with Crippen molar-refractivity contribution >= 4 is 53.4 Å². The summed E-state index contributed by atoms with van der Waals surface area (Å²) < 4.78 is 103. The molecule has 8 rings (SSSR count). The van der Waals surface area contributed by atoms with Gasteiger partial charge in [-0.25, -0.2) is 14.5 Å². The number of ether oxygens (including phenoxy) is 2. The second kappa shape index (κ2) is 17.2. The van der Waals surface area contributed by atoms with Crippen LogP contribution in [0.3, 0.4) is 0 Å². The lowest BCUT2D eigenvalue weighted by atomic mass is 9.71. The third kappa shape index (κ3) is 8.17. The summed E-state index contributed by atoms with van der Waals surface area (Å²) >= 11 is 0. The Morgan fingerprint density at radius 3 is 1.46 bits per heavy atom. The topological polar surface area (TPSA) is 127 Å². The van der Waals surface area contributed by atoms with Crippen LogP contribution < -0.4 is 14.4 Å². The number of hydrogen-bond acceptors (Lipinski definition) is 8. The Bertz CT molecular complexity index is 3090. The number of alkyl halides is 6. The first kappa shape index (κ1) is 45.2. The van der Waals surface area contributed by atoms with E-state index >= 15 is 26.3 Å². The van der Waals surface area contributed by atoms with Crippen LogP contribution in [-0.4, -0.2) is 59.9 Å². The van der Waals surface area contributed by atoms with Crippen LogP contribution in [0, 0.1) is 6.92 Å². The molecule has 2 heterocycles. The fourth-order valence-electron chi connectivity index (χ4n) is 7.86. The normalized spacial score (nSPS) is 14.0. The van der Waals surface area contributed by atoms with Crippen LogP contribution in [0.15, 0.2) is 146 Å². The number of amides is 4. The first-order valence-electron chi connectivity index (χ1n) is 20.1. The zero-order valence-corrected chi connectivity index (χ0v) is 34.9. The predicted octanol–water partition coefficient (Wildman–Crippen LogP) is 10.3. The van der Waals surface area contributed by atoms with Gasteiger partial charge in [0.1, 0.15) is 5.75 Å². The lowest BCUT2D eigenvalue weighted by Crippen LogP contribution is -2.55. The summed E-state index contributed by atoms with van der Waals surface area (Å²) in [5, 5.41) is 0. The molecule has 0 aromatic heterocycles. The quantitative estimate of drug-likeness (QED) is 0.0437. The summed E-state index contributed by atoms with van der Waals surface area (Å²) in [5.41, 5.74) is -8.15. The van der Waals surface area contributed by atoms with Gasteiger partial charge in [0.25, 0.3) is 23.6 Å². The number of benzene rings is 6. The van der Waals surface area contributed by atoms with E-state index in [-0.39, 0.29) is 5.75 Å². The Labute approximate surface area is 377 Å². The van der Waals surface area contributed by atoms with E-state index < -0.39 is 98.2 Å². The molecule has 0 bridgehead atoms. The van der Waals surface area contributed by atoms with Crippen LogP contribution in [0.4, 0.5) is 32.0 Å². The van der Waals surface area contributed by atoms with Gasteiger partial charge in [-0.05, 0) is 100 Å². The molecule has 0 saturated heterocycles. The van der Waals surface area contributed by atoms with Crippen LogP contribution in [0.25, 0.3) is 23.3 Å². The van der Waals surface area contributed by atoms with Crippen molar-refractivity contribution in [2.75, 3.05) is 11.9 Å². The van der Waals surface area contributed by atoms with Gasteiger partial charge in [-0.2, -0.15) is 26.3 Å². The number of hydrogen-bond donors (Lipinski definition) is 0. The Morgan fingerprint density at radius 1 is 0.507 bits per heavy atom. The lowest BCUT2D eigenvalue weighted by molar-refractivity contribution is -0.288. The molecule has 0 saturated carbocycles. The van der Waals surface area contributed by atoms with Gasteiger partial charge in [0.15, 0.2) is 5.75 Å². The number of nitrogens with zero attached hydrogens (tertiary/aromatic N) is 2. The van der Waals surface area contributed by atoms with Gasteiger partial charge in [-0.15, -0.1) is 0 Å². The fraction of sp³-hybridized carbons (Fsp3) is 0.0980. The molecule has 0 unspecified atom stereocenters. The molecule has 0 atom stereocenters. The third-order valence-corrected chi connectivity index (χ3v) is 11.3. The number of carbonyl (C=O) groups is 6. The number of imide groups is 2. The predicted molar refractivity (Wildman–Crippen MR) is 232 cm³/mol. The minimum atomic E-state index is -6.17.